The first kappa shape index (κ1) is 25.7. The first-order valence-electron chi connectivity index (χ1n) is 12.6. The zero-order valence-electron chi connectivity index (χ0n) is 21.9. The standard InChI is InChI=1S/C29H26Cl2N4O4/c1-15(2)34-26-24(32-27(34)18-7-5-6-8-21(18)39-4)29(37)35-20-14-33(11-12-38-3)28(36)23(31)22(20)19-13-16(30)9-10-17(19)25(26)35/h5-10,13-15,25H,11-12H2,1-4H3. The van der Waals surface area contributed by atoms with Crippen LogP contribution in [0.25, 0.3) is 22.5 Å². The molecule has 39 heavy (non-hydrogen) atoms. The van der Waals surface area contributed by atoms with Gasteiger partial charge in [-0.15, -0.1) is 0 Å². The number of carbonyl (C=O) groups is 1. The van der Waals surface area contributed by atoms with Crippen molar-refractivity contribution in [3.8, 4) is 28.3 Å². The minimum absolute atomic E-state index is 0.0229. The van der Waals surface area contributed by atoms with E-state index in [0.29, 0.717) is 46.7 Å². The van der Waals surface area contributed by atoms with Gasteiger partial charge in [0.25, 0.3) is 11.5 Å². The largest absolute Gasteiger partial charge is 0.496 e. The average Bonchev–Trinajstić information content (AvgIpc) is 3.45. The molecule has 4 aromatic rings. The van der Waals surface area contributed by atoms with E-state index in [0.717, 1.165) is 22.4 Å². The van der Waals surface area contributed by atoms with E-state index in [1.54, 1.807) is 37.4 Å². The molecular formula is C29H26Cl2N4O4. The molecule has 2 aromatic carbocycles. The molecule has 1 amide bonds. The van der Waals surface area contributed by atoms with E-state index in [-0.39, 0.29) is 22.5 Å². The monoisotopic (exact) mass is 564 g/mol. The van der Waals surface area contributed by atoms with Crippen LogP contribution in [0, 0.1) is 0 Å². The zero-order chi connectivity index (χ0) is 27.6. The number of rotatable bonds is 6. The van der Waals surface area contributed by atoms with Gasteiger partial charge in [-0.05, 0) is 49.2 Å². The summed E-state index contributed by atoms with van der Waals surface area (Å²) in [5.41, 5.74) is 4.14. The minimum atomic E-state index is -0.491. The lowest BCUT2D eigenvalue weighted by Gasteiger charge is -2.36. The summed E-state index contributed by atoms with van der Waals surface area (Å²) in [6, 6.07) is 12.6. The Bertz CT molecular complexity index is 1710. The summed E-state index contributed by atoms with van der Waals surface area (Å²) in [7, 11) is 3.18. The van der Waals surface area contributed by atoms with Gasteiger partial charge in [0.05, 0.1) is 30.7 Å². The maximum atomic E-state index is 14.2. The molecule has 4 heterocycles. The summed E-state index contributed by atoms with van der Waals surface area (Å²) in [4.78, 5) is 34.0. The maximum absolute atomic E-state index is 14.2. The first-order valence-corrected chi connectivity index (χ1v) is 13.3. The van der Waals surface area contributed by atoms with E-state index in [9.17, 15) is 9.59 Å². The van der Waals surface area contributed by atoms with Crippen molar-refractivity contribution in [3.63, 3.8) is 0 Å². The van der Waals surface area contributed by atoms with Gasteiger partial charge in [-0.3, -0.25) is 14.5 Å². The van der Waals surface area contributed by atoms with Crippen molar-refractivity contribution in [2.45, 2.75) is 32.5 Å². The molecule has 0 aliphatic carbocycles. The van der Waals surface area contributed by atoms with E-state index in [2.05, 4.69) is 18.4 Å². The molecule has 0 N–H and O–H groups in total. The predicted molar refractivity (Wildman–Crippen MR) is 151 cm³/mol. The highest BCUT2D eigenvalue weighted by molar-refractivity contribution is 6.35. The van der Waals surface area contributed by atoms with Gasteiger partial charge >= 0.3 is 0 Å². The van der Waals surface area contributed by atoms with Gasteiger partial charge in [0.1, 0.15) is 22.6 Å². The summed E-state index contributed by atoms with van der Waals surface area (Å²) in [6.07, 6.45) is 1.68. The topological polar surface area (TPSA) is 78.6 Å². The lowest BCUT2D eigenvalue weighted by Crippen LogP contribution is -2.36. The fourth-order valence-corrected chi connectivity index (χ4v) is 6.17. The molecule has 2 aromatic heterocycles. The van der Waals surface area contributed by atoms with Crippen LogP contribution in [0.5, 0.6) is 5.75 Å². The summed E-state index contributed by atoms with van der Waals surface area (Å²) < 4.78 is 14.4. The second-order valence-corrected chi connectivity index (χ2v) is 10.7. The van der Waals surface area contributed by atoms with Crippen LogP contribution in [-0.4, -0.2) is 40.9 Å². The Balaban J connectivity index is 1.66. The Morgan fingerprint density at radius 3 is 2.54 bits per heavy atom. The van der Waals surface area contributed by atoms with Gasteiger partial charge in [-0.25, -0.2) is 4.98 Å². The molecule has 0 saturated heterocycles. The van der Waals surface area contributed by atoms with E-state index < -0.39 is 6.04 Å². The molecule has 10 heteroatoms. The number of ether oxygens (including phenoxy) is 2. The number of imidazole rings is 1. The number of methoxy groups -OCH3 is 2. The molecule has 200 valence electrons. The maximum Gasteiger partial charge on any atom is 0.279 e. The highest BCUT2D eigenvalue weighted by Crippen LogP contribution is 2.54. The van der Waals surface area contributed by atoms with Gasteiger partial charge in [-0.1, -0.05) is 41.4 Å². The number of anilines is 1. The third-order valence-electron chi connectivity index (χ3n) is 7.33. The molecule has 2 aliphatic rings. The van der Waals surface area contributed by atoms with Crippen molar-refractivity contribution in [2.24, 2.45) is 0 Å². The molecular weight excluding hydrogens is 539 g/mol. The average molecular weight is 565 g/mol. The Kier molecular flexibility index (Phi) is 6.29. The van der Waals surface area contributed by atoms with Crippen LogP contribution in [0.4, 0.5) is 5.69 Å². The number of carbonyl (C=O) groups excluding carboxylic acids is 1. The highest BCUT2D eigenvalue weighted by atomic mass is 35.5. The van der Waals surface area contributed by atoms with Crippen molar-refractivity contribution in [3.05, 3.63) is 86.0 Å². The number of para-hydroxylation sites is 1. The first-order chi connectivity index (χ1) is 18.8. The lowest BCUT2D eigenvalue weighted by molar-refractivity contribution is 0.0989. The Hall–Kier alpha value is -3.59. The molecule has 6 rings (SSSR count). The van der Waals surface area contributed by atoms with Crippen LogP contribution < -0.4 is 15.2 Å². The number of nitrogens with zero attached hydrogens (tertiary/aromatic N) is 4. The number of aromatic nitrogens is 3. The number of amides is 1. The molecule has 8 nitrogen and oxygen atoms in total. The van der Waals surface area contributed by atoms with Gasteiger partial charge in [0.2, 0.25) is 0 Å². The van der Waals surface area contributed by atoms with Crippen LogP contribution in [0.3, 0.4) is 0 Å². The second kappa shape index (κ2) is 9.55. The molecule has 0 radical (unpaired) electrons. The number of halogens is 2. The van der Waals surface area contributed by atoms with E-state index >= 15 is 0 Å². The lowest BCUT2D eigenvalue weighted by atomic mass is 9.88. The molecule has 0 fully saturated rings. The van der Waals surface area contributed by atoms with E-state index in [1.165, 1.54) is 4.57 Å². The second-order valence-electron chi connectivity index (χ2n) is 9.84. The summed E-state index contributed by atoms with van der Waals surface area (Å²) in [5.74, 6) is 1.06. The number of pyridine rings is 1. The van der Waals surface area contributed by atoms with Crippen LogP contribution in [0.15, 0.2) is 53.5 Å². The highest BCUT2D eigenvalue weighted by Gasteiger charge is 2.49. The Labute approximate surface area is 235 Å². The van der Waals surface area contributed by atoms with Crippen LogP contribution in [-0.2, 0) is 11.3 Å². The number of benzene rings is 2. The number of hydrogen-bond donors (Lipinski definition) is 0. The van der Waals surface area contributed by atoms with Gasteiger partial charge < -0.3 is 18.6 Å². The Morgan fingerprint density at radius 1 is 1.05 bits per heavy atom. The van der Waals surface area contributed by atoms with Crippen LogP contribution in [0.2, 0.25) is 10.0 Å². The van der Waals surface area contributed by atoms with Crippen molar-refractivity contribution in [1.29, 1.82) is 0 Å². The van der Waals surface area contributed by atoms with Crippen molar-refractivity contribution >= 4 is 34.8 Å². The summed E-state index contributed by atoms with van der Waals surface area (Å²) in [6.45, 7) is 4.73. The molecule has 1 atom stereocenters. The smallest absolute Gasteiger partial charge is 0.279 e. The van der Waals surface area contributed by atoms with E-state index in [1.807, 2.05) is 30.3 Å². The predicted octanol–water partition coefficient (Wildman–Crippen LogP) is 5.98. The van der Waals surface area contributed by atoms with Crippen LogP contribution >= 0.6 is 23.2 Å². The van der Waals surface area contributed by atoms with Gasteiger partial charge in [-0.2, -0.15) is 0 Å². The molecule has 0 bridgehead atoms. The summed E-state index contributed by atoms with van der Waals surface area (Å²) >= 11 is 13.2. The molecule has 1 unspecified atom stereocenters. The van der Waals surface area contributed by atoms with E-state index in [4.69, 9.17) is 37.7 Å². The number of fused-ring (bicyclic) bond motifs is 8. The van der Waals surface area contributed by atoms with Gasteiger partial charge in [0, 0.05) is 36.5 Å². The minimum Gasteiger partial charge on any atom is -0.496 e. The Morgan fingerprint density at radius 2 is 1.82 bits per heavy atom. The van der Waals surface area contributed by atoms with Crippen molar-refractivity contribution < 1.29 is 14.3 Å². The molecule has 0 saturated carbocycles. The number of hydrogen-bond acceptors (Lipinski definition) is 5. The van der Waals surface area contributed by atoms with Crippen molar-refractivity contribution in [2.75, 3.05) is 25.7 Å². The SMILES string of the molecule is COCCn1cc2c(c(Cl)c1=O)-c1cc(Cl)ccc1C1c3c(nc(-c4ccccc4OC)n3C(C)C)C(=O)N21. The zero-order valence-corrected chi connectivity index (χ0v) is 23.4. The molecule has 2 aliphatic heterocycles. The third kappa shape index (κ3) is 3.73. The van der Waals surface area contributed by atoms with Crippen LogP contribution in [0.1, 0.15) is 47.7 Å². The normalized spacial score (nSPS) is 15.3. The fraction of sp³-hybridized carbons (Fsp3) is 0.276. The fourth-order valence-electron chi connectivity index (χ4n) is 5.69. The molecule has 0 spiro atoms. The van der Waals surface area contributed by atoms with Gasteiger partial charge in [0.15, 0.2) is 5.69 Å². The quantitative estimate of drug-likeness (QED) is 0.287. The van der Waals surface area contributed by atoms with Crippen molar-refractivity contribution in [1.82, 2.24) is 14.1 Å². The third-order valence-corrected chi connectivity index (χ3v) is 7.91. The summed E-state index contributed by atoms with van der Waals surface area (Å²) in [5, 5.41) is 0.536.